The first-order chi connectivity index (χ1) is 9.83. The SMILES string of the molecule is COCOc1cccc(NC=C(C#N)c2nn[nH]n2)c1. The summed E-state index contributed by atoms with van der Waals surface area (Å²) in [6.07, 6.45) is 1.50. The Morgan fingerprint density at radius 2 is 2.45 bits per heavy atom. The van der Waals surface area contributed by atoms with Crippen LogP contribution in [0.15, 0.2) is 30.5 Å². The van der Waals surface area contributed by atoms with Gasteiger partial charge in [0.2, 0.25) is 5.82 Å². The Kier molecular flexibility index (Phi) is 4.64. The minimum absolute atomic E-state index is 0.172. The van der Waals surface area contributed by atoms with E-state index in [0.717, 1.165) is 5.69 Å². The quantitative estimate of drug-likeness (QED) is 0.599. The molecule has 0 unspecified atom stereocenters. The van der Waals surface area contributed by atoms with Crippen molar-refractivity contribution in [2.24, 2.45) is 0 Å². The highest BCUT2D eigenvalue weighted by atomic mass is 16.7. The first-order valence-corrected chi connectivity index (χ1v) is 5.66. The largest absolute Gasteiger partial charge is 0.467 e. The number of rotatable bonds is 6. The predicted molar refractivity (Wildman–Crippen MR) is 70.3 cm³/mol. The van der Waals surface area contributed by atoms with E-state index in [2.05, 4.69) is 25.9 Å². The molecule has 2 rings (SSSR count). The summed E-state index contributed by atoms with van der Waals surface area (Å²) >= 11 is 0. The Labute approximate surface area is 115 Å². The fraction of sp³-hybridized carbons (Fsp3) is 0.167. The van der Waals surface area contributed by atoms with E-state index in [1.54, 1.807) is 19.2 Å². The number of hydrogen-bond donors (Lipinski definition) is 2. The molecule has 1 heterocycles. The summed E-state index contributed by atoms with van der Waals surface area (Å²) in [5.41, 5.74) is 1.02. The van der Waals surface area contributed by atoms with Gasteiger partial charge in [-0.05, 0) is 17.3 Å². The molecule has 20 heavy (non-hydrogen) atoms. The van der Waals surface area contributed by atoms with E-state index in [0.29, 0.717) is 5.75 Å². The van der Waals surface area contributed by atoms with Gasteiger partial charge in [-0.25, -0.2) is 0 Å². The van der Waals surface area contributed by atoms with Gasteiger partial charge in [0.25, 0.3) is 0 Å². The number of aromatic nitrogens is 4. The van der Waals surface area contributed by atoms with Crippen molar-refractivity contribution in [3.05, 3.63) is 36.3 Å². The first-order valence-electron chi connectivity index (χ1n) is 5.66. The van der Waals surface area contributed by atoms with Crippen LogP contribution in [0.4, 0.5) is 5.69 Å². The van der Waals surface area contributed by atoms with Crippen molar-refractivity contribution in [2.45, 2.75) is 0 Å². The molecule has 0 bridgehead atoms. The second kappa shape index (κ2) is 6.86. The maximum absolute atomic E-state index is 9.03. The monoisotopic (exact) mass is 272 g/mol. The molecular weight excluding hydrogens is 260 g/mol. The number of allylic oxidation sites excluding steroid dienone is 1. The molecule has 102 valence electrons. The van der Waals surface area contributed by atoms with Gasteiger partial charge in [0, 0.05) is 25.1 Å². The third-order valence-corrected chi connectivity index (χ3v) is 2.27. The topological polar surface area (TPSA) is 109 Å². The zero-order valence-electron chi connectivity index (χ0n) is 10.7. The molecule has 0 amide bonds. The van der Waals surface area contributed by atoms with Crippen molar-refractivity contribution < 1.29 is 9.47 Å². The number of H-pyrrole nitrogens is 1. The summed E-state index contributed by atoms with van der Waals surface area (Å²) in [7, 11) is 1.55. The van der Waals surface area contributed by atoms with Crippen molar-refractivity contribution in [3.8, 4) is 11.8 Å². The van der Waals surface area contributed by atoms with Crippen LogP contribution in [0, 0.1) is 11.3 Å². The van der Waals surface area contributed by atoms with Crippen LogP contribution in [0.3, 0.4) is 0 Å². The van der Waals surface area contributed by atoms with Crippen LogP contribution < -0.4 is 10.1 Å². The van der Waals surface area contributed by atoms with Crippen LogP contribution >= 0.6 is 0 Å². The molecule has 0 aliphatic carbocycles. The molecule has 0 fully saturated rings. The van der Waals surface area contributed by atoms with Crippen molar-refractivity contribution in [2.75, 3.05) is 19.2 Å². The summed E-state index contributed by atoms with van der Waals surface area (Å²) in [6.45, 7) is 0.172. The van der Waals surface area contributed by atoms with Crippen molar-refractivity contribution >= 4 is 11.3 Å². The zero-order chi connectivity index (χ0) is 14.2. The van der Waals surface area contributed by atoms with E-state index >= 15 is 0 Å². The lowest BCUT2D eigenvalue weighted by molar-refractivity contribution is 0.0512. The molecule has 1 aromatic carbocycles. The fourth-order valence-corrected chi connectivity index (χ4v) is 1.38. The predicted octanol–water partition coefficient (Wildman–Crippen LogP) is 1.16. The minimum atomic E-state index is 0.172. The first kappa shape index (κ1) is 13.5. The van der Waals surface area contributed by atoms with Crippen molar-refractivity contribution in [1.82, 2.24) is 20.6 Å². The van der Waals surface area contributed by atoms with Crippen LogP contribution in [0.2, 0.25) is 0 Å². The van der Waals surface area contributed by atoms with Crippen LogP contribution in [-0.4, -0.2) is 34.5 Å². The number of methoxy groups -OCH3 is 1. The lowest BCUT2D eigenvalue weighted by atomic mass is 10.3. The van der Waals surface area contributed by atoms with E-state index in [-0.39, 0.29) is 18.2 Å². The molecule has 1 aromatic heterocycles. The zero-order valence-corrected chi connectivity index (χ0v) is 10.7. The average Bonchev–Trinajstić information content (AvgIpc) is 3.00. The highest BCUT2D eigenvalue weighted by Gasteiger charge is 2.05. The van der Waals surface area contributed by atoms with E-state index in [1.165, 1.54) is 6.20 Å². The third kappa shape index (κ3) is 3.54. The summed E-state index contributed by atoms with van der Waals surface area (Å²) in [5, 5.41) is 25.2. The Morgan fingerprint density at radius 1 is 1.55 bits per heavy atom. The number of nitrogens with one attached hydrogen (secondary N) is 2. The summed E-state index contributed by atoms with van der Waals surface area (Å²) in [6, 6.07) is 9.22. The Morgan fingerprint density at radius 3 is 3.15 bits per heavy atom. The van der Waals surface area contributed by atoms with E-state index in [4.69, 9.17) is 14.7 Å². The number of nitriles is 1. The highest BCUT2D eigenvalue weighted by molar-refractivity contribution is 5.74. The van der Waals surface area contributed by atoms with E-state index < -0.39 is 0 Å². The number of ether oxygens (including phenoxy) is 2. The summed E-state index contributed by atoms with van der Waals surface area (Å²) in [5.74, 6) is 0.884. The van der Waals surface area contributed by atoms with Crippen LogP contribution in [0.1, 0.15) is 5.82 Å². The molecule has 0 aliphatic rings. The number of aromatic amines is 1. The molecule has 0 atom stereocenters. The summed E-state index contributed by atoms with van der Waals surface area (Å²) in [4.78, 5) is 0. The molecule has 2 aromatic rings. The minimum Gasteiger partial charge on any atom is -0.467 e. The second-order valence-electron chi connectivity index (χ2n) is 3.63. The normalized spacial score (nSPS) is 10.9. The Hall–Kier alpha value is -2.92. The van der Waals surface area contributed by atoms with E-state index in [1.807, 2.05) is 18.2 Å². The molecule has 8 heteroatoms. The van der Waals surface area contributed by atoms with Gasteiger partial charge in [-0.2, -0.15) is 10.5 Å². The van der Waals surface area contributed by atoms with Gasteiger partial charge in [0.1, 0.15) is 17.4 Å². The second-order valence-corrected chi connectivity index (χ2v) is 3.63. The number of nitrogens with zero attached hydrogens (tertiary/aromatic N) is 4. The van der Waals surface area contributed by atoms with Crippen molar-refractivity contribution in [1.29, 1.82) is 5.26 Å². The molecule has 0 saturated carbocycles. The molecule has 0 aliphatic heterocycles. The molecule has 0 saturated heterocycles. The Balaban J connectivity index is 2.08. The maximum atomic E-state index is 9.03. The summed E-state index contributed by atoms with van der Waals surface area (Å²) < 4.78 is 10.1. The van der Waals surface area contributed by atoms with Gasteiger partial charge in [0.15, 0.2) is 6.79 Å². The lowest BCUT2D eigenvalue weighted by Gasteiger charge is -2.06. The van der Waals surface area contributed by atoms with Crippen molar-refractivity contribution in [3.63, 3.8) is 0 Å². The van der Waals surface area contributed by atoms with Gasteiger partial charge in [-0.15, -0.1) is 10.2 Å². The number of tetrazole rings is 1. The molecular formula is C12H12N6O2. The molecule has 8 nitrogen and oxygen atoms in total. The van der Waals surface area contributed by atoms with Gasteiger partial charge in [0.05, 0.1) is 0 Å². The number of anilines is 1. The molecule has 0 radical (unpaired) electrons. The van der Waals surface area contributed by atoms with Gasteiger partial charge in [-0.1, -0.05) is 6.07 Å². The maximum Gasteiger partial charge on any atom is 0.216 e. The molecule has 0 spiro atoms. The van der Waals surface area contributed by atoms with Gasteiger partial charge >= 0.3 is 0 Å². The highest BCUT2D eigenvalue weighted by Crippen LogP contribution is 2.18. The average molecular weight is 272 g/mol. The fourth-order valence-electron chi connectivity index (χ4n) is 1.38. The van der Waals surface area contributed by atoms with Gasteiger partial charge < -0.3 is 14.8 Å². The number of hydrogen-bond acceptors (Lipinski definition) is 7. The standard InChI is InChI=1S/C12H12N6O2/c1-19-8-20-11-4-2-3-10(5-11)14-7-9(6-13)12-15-17-18-16-12/h2-5,7,14H,8H2,1H3,(H,15,16,17,18). The Bertz CT molecular complexity index is 617. The lowest BCUT2D eigenvalue weighted by Crippen LogP contribution is -1.99. The van der Waals surface area contributed by atoms with Gasteiger partial charge in [-0.3, -0.25) is 0 Å². The van der Waals surface area contributed by atoms with Crippen LogP contribution in [-0.2, 0) is 4.74 Å². The van der Waals surface area contributed by atoms with Crippen LogP contribution in [0.25, 0.3) is 5.57 Å². The number of benzene rings is 1. The van der Waals surface area contributed by atoms with E-state index in [9.17, 15) is 0 Å². The molecule has 2 N–H and O–H groups in total. The third-order valence-electron chi connectivity index (χ3n) is 2.27. The smallest absolute Gasteiger partial charge is 0.216 e. The van der Waals surface area contributed by atoms with Crippen LogP contribution in [0.5, 0.6) is 5.75 Å².